The molecular formula is C15H20N4O3. The van der Waals surface area contributed by atoms with Crippen LogP contribution in [0, 0.1) is 5.92 Å². The van der Waals surface area contributed by atoms with Gasteiger partial charge in [0.2, 0.25) is 11.8 Å². The van der Waals surface area contributed by atoms with Crippen molar-refractivity contribution >= 4 is 11.8 Å². The first-order chi connectivity index (χ1) is 10.6. The van der Waals surface area contributed by atoms with Crippen LogP contribution >= 0.6 is 0 Å². The van der Waals surface area contributed by atoms with E-state index >= 15 is 0 Å². The number of hydrogen-bond donors (Lipinski definition) is 0. The van der Waals surface area contributed by atoms with Gasteiger partial charge in [0.15, 0.2) is 0 Å². The van der Waals surface area contributed by atoms with E-state index < -0.39 is 0 Å². The molecule has 2 aliphatic heterocycles. The first kappa shape index (κ1) is 14.7. The maximum absolute atomic E-state index is 12.5. The highest BCUT2D eigenvalue weighted by atomic mass is 16.5. The summed E-state index contributed by atoms with van der Waals surface area (Å²) in [5.41, 5.74) is 0. The Morgan fingerprint density at radius 3 is 2.77 bits per heavy atom. The minimum atomic E-state index is -0.218. The fourth-order valence-electron chi connectivity index (χ4n) is 3.02. The summed E-state index contributed by atoms with van der Waals surface area (Å²) in [7, 11) is 1.74. The van der Waals surface area contributed by atoms with Gasteiger partial charge < -0.3 is 14.5 Å². The molecule has 2 fully saturated rings. The van der Waals surface area contributed by atoms with Gasteiger partial charge in [-0.25, -0.2) is 9.97 Å². The lowest BCUT2D eigenvalue weighted by molar-refractivity contribution is -0.138. The van der Waals surface area contributed by atoms with Gasteiger partial charge in [-0.3, -0.25) is 9.59 Å². The molecule has 0 N–H and O–H groups in total. The van der Waals surface area contributed by atoms with Crippen LogP contribution in [-0.2, 0) is 9.59 Å². The number of ether oxygens (including phenoxy) is 1. The standard InChI is InChI=1S/C15H20N4O3/c1-18-9-11(8-13(18)20)14(21)19-7-2-4-12(10-19)22-15-16-5-3-6-17-15/h3,5-6,11-12H,2,4,7-10H2,1H3. The summed E-state index contributed by atoms with van der Waals surface area (Å²) < 4.78 is 5.75. The number of aromatic nitrogens is 2. The molecule has 3 heterocycles. The third-order valence-corrected chi connectivity index (χ3v) is 4.19. The van der Waals surface area contributed by atoms with Crippen LogP contribution in [0.15, 0.2) is 18.5 Å². The molecule has 0 aliphatic carbocycles. The Morgan fingerprint density at radius 2 is 2.09 bits per heavy atom. The molecular weight excluding hydrogens is 284 g/mol. The highest BCUT2D eigenvalue weighted by molar-refractivity contribution is 5.89. The van der Waals surface area contributed by atoms with Crippen molar-refractivity contribution in [2.75, 3.05) is 26.7 Å². The average molecular weight is 304 g/mol. The van der Waals surface area contributed by atoms with Crippen LogP contribution in [0.4, 0.5) is 0 Å². The Balaban J connectivity index is 1.58. The molecule has 2 amide bonds. The van der Waals surface area contributed by atoms with Crippen molar-refractivity contribution in [1.82, 2.24) is 19.8 Å². The van der Waals surface area contributed by atoms with Crippen molar-refractivity contribution in [1.29, 1.82) is 0 Å². The number of hydrogen-bond acceptors (Lipinski definition) is 5. The van der Waals surface area contributed by atoms with Crippen LogP contribution in [0.2, 0.25) is 0 Å². The minimum Gasteiger partial charge on any atom is -0.458 e. The van der Waals surface area contributed by atoms with Crippen LogP contribution in [0.5, 0.6) is 6.01 Å². The van der Waals surface area contributed by atoms with Gasteiger partial charge in [-0.2, -0.15) is 0 Å². The number of likely N-dealkylation sites (tertiary alicyclic amines) is 2. The molecule has 1 aromatic heterocycles. The Bertz CT molecular complexity index is 551. The first-order valence-corrected chi connectivity index (χ1v) is 7.60. The lowest BCUT2D eigenvalue weighted by atomic mass is 10.0. The monoisotopic (exact) mass is 304 g/mol. The second kappa shape index (κ2) is 6.29. The fraction of sp³-hybridized carbons (Fsp3) is 0.600. The minimum absolute atomic E-state index is 0.0424. The number of piperidine rings is 1. The van der Waals surface area contributed by atoms with Crippen molar-refractivity contribution in [3.8, 4) is 6.01 Å². The third-order valence-electron chi connectivity index (χ3n) is 4.19. The number of amides is 2. The zero-order chi connectivity index (χ0) is 15.5. The quantitative estimate of drug-likeness (QED) is 0.804. The number of rotatable bonds is 3. The van der Waals surface area contributed by atoms with Gasteiger partial charge in [-0.05, 0) is 18.9 Å². The molecule has 118 valence electrons. The van der Waals surface area contributed by atoms with Gasteiger partial charge in [0, 0.05) is 39.0 Å². The van der Waals surface area contributed by atoms with Crippen molar-refractivity contribution in [2.45, 2.75) is 25.4 Å². The molecule has 2 atom stereocenters. The molecule has 2 unspecified atom stereocenters. The van der Waals surface area contributed by atoms with Crippen molar-refractivity contribution < 1.29 is 14.3 Å². The van der Waals surface area contributed by atoms with Gasteiger partial charge in [0.1, 0.15) is 6.10 Å². The lowest BCUT2D eigenvalue weighted by Crippen LogP contribution is -2.47. The molecule has 0 radical (unpaired) electrons. The SMILES string of the molecule is CN1CC(C(=O)N2CCCC(Oc3ncccn3)C2)CC1=O. The van der Waals surface area contributed by atoms with Crippen molar-refractivity contribution in [3.63, 3.8) is 0 Å². The number of carbonyl (C=O) groups is 2. The highest BCUT2D eigenvalue weighted by Gasteiger charge is 2.36. The van der Waals surface area contributed by atoms with E-state index in [0.717, 1.165) is 19.4 Å². The second-order valence-corrected chi connectivity index (χ2v) is 5.87. The van der Waals surface area contributed by atoms with E-state index in [1.54, 1.807) is 30.4 Å². The van der Waals surface area contributed by atoms with Crippen molar-refractivity contribution in [2.24, 2.45) is 5.92 Å². The molecule has 7 nitrogen and oxygen atoms in total. The van der Waals surface area contributed by atoms with E-state index in [1.807, 2.05) is 4.90 Å². The molecule has 0 spiro atoms. The highest BCUT2D eigenvalue weighted by Crippen LogP contribution is 2.22. The predicted molar refractivity (Wildman–Crippen MR) is 78.0 cm³/mol. The maximum Gasteiger partial charge on any atom is 0.316 e. The first-order valence-electron chi connectivity index (χ1n) is 7.60. The van der Waals surface area contributed by atoms with E-state index in [1.165, 1.54) is 0 Å². The second-order valence-electron chi connectivity index (χ2n) is 5.87. The number of carbonyl (C=O) groups excluding carboxylic acids is 2. The van der Waals surface area contributed by atoms with E-state index in [9.17, 15) is 9.59 Å². The fourth-order valence-corrected chi connectivity index (χ4v) is 3.02. The van der Waals surface area contributed by atoms with Gasteiger partial charge in [0.25, 0.3) is 0 Å². The Kier molecular flexibility index (Phi) is 4.22. The Labute approximate surface area is 129 Å². The molecule has 7 heteroatoms. The summed E-state index contributed by atoms with van der Waals surface area (Å²) >= 11 is 0. The van der Waals surface area contributed by atoms with Gasteiger partial charge in [-0.15, -0.1) is 0 Å². The predicted octanol–water partition coefficient (Wildman–Crippen LogP) is 0.325. The molecule has 0 saturated carbocycles. The summed E-state index contributed by atoms with van der Waals surface area (Å²) in [4.78, 5) is 35.7. The average Bonchev–Trinajstić information content (AvgIpc) is 2.87. The normalized spacial score (nSPS) is 25.4. The molecule has 3 rings (SSSR count). The molecule has 2 saturated heterocycles. The lowest BCUT2D eigenvalue weighted by Gasteiger charge is -2.33. The Morgan fingerprint density at radius 1 is 1.32 bits per heavy atom. The van der Waals surface area contributed by atoms with Gasteiger partial charge >= 0.3 is 6.01 Å². The molecule has 2 aliphatic rings. The molecule has 1 aromatic rings. The molecule has 0 bridgehead atoms. The zero-order valence-corrected chi connectivity index (χ0v) is 12.6. The van der Waals surface area contributed by atoms with Crippen LogP contribution in [0.1, 0.15) is 19.3 Å². The van der Waals surface area contributed by atoms with Crippen LogP contribution in [0.25, 0.3) is 0 Å². The van der Waals surface area contributed by atoms with Gasteiger partial charge in [-0.1, -0.05) is 0 Å². The van der Waals surface area contributed by atoms with Crippen LogP contribution in [0.3, 0.4) is 0 Å². The van der Waals surface area contributed by atoms with Gasteiger partial charge in [0.05, 0.1) is 12.5 Å². The third kappa shape index (κ3) is 3.18. The topological polar surface area (TPSA) is 75.6 Å². The summed E-state index contributed by atoms with van der Waals surface area (Å²) in [5.74, 6) is -0.120. The largest absolute Gasteiger partial charge is 0.458 e. The summed E-state index contributed by atoms with van der Waals surface area (Å²) in [6.45, 7) is 1.77. The maximum atomic E-state index is 12.5. The van der Waals surface area contributed by atoms with Crippen LogP contribution in [-0.4, -0.2) is 64.4 Å². The summed E-state index contributed by atoms with van der Waals surface area (Å²) in [6, 6.07) is 2.08. The molecule has 0 aromatic carbocycles. The van der Waals surface area contributed by atoms with Crippen molar-refractivity contribution in [3.05, 3.63) is 18.5 Å². The summed E-state index contributed by atoms with van der Waals surface area (Å²) in [6.07, 6.45) is 5.27. The zero-order valence-electron chi connectivity index (χ0n) is 12.6. The smallest absolute Gasteiger partial charge is 0.316 e. The van der Waals surface area contributed by atoms with E-state index in [-0.39, 0.29) is 23.8 Å². The van der Waals surface area contributed by atoms with E-state index in [0.29, 0.717) is 25.5 Å². The van der Waals surface area contributed by atoms with E-state index in [2.05, 4.69) is 9.97 Å². The Hall–Kier alpha value is -2.18. The molecule has 22 heavy (non-hydrogen) atoms. The number of nitrogens with zero attached hydrogens (tertiary/aromatic N) is 4. The van der Waals surface area contributed by atoms with E-state index in [4.69, 9.17) is 4.74 Å². The van der Waals surface area contributed by atoms with Crippen LogP contribution < -0.4 is 4.74 Å². The summed E-state index contributed by atoms with van der Waals surface area (Å²) in [5, 5.41) is 0.